The Balaban J connectivity index is 1.24. The molecule has 0 fully saturated rings. The second-order valence-electron chi connectivity index (χ2n) is 8.70. The second kappa shape index (κ2) is 7.69. The third kappa shape index (κ3) is 3.27. The molecule has 0 aliphatic heterocycles. The zero-order chi connectivity index (χ0) is 21.5. The summed E-state index contributed by atoms with van der Waals surface area (Å²) in [7, 11) is 0. The summed E-state index contributed by atoms with van der Waals surface area (Å²) in [6.07, 6.45) is 7.87. The molecule has 2 aliphatic rings. The van der Waals surface area contributed by atoms with Crippen molar-refractivity contribution in [1.29, 1.82) is 5.41 Å². The summed E-state index contributed by atoms with van der Waals surface area (Å²) in [6, 6.07) is 27.9. The summed E-state index contributed by atoms with van der Waals surface area (Å²) in [5, 5.41) is 17.5. The standard InChI is InChI=1S/C29H25N3/c30-29(32-27-17-16-21-15-14-20-8-5-13-26(27)28(20)21)31-23-10-3-9-22(18-23)25-12-4-7-19-6-1-2-11-24(19)25/h1-3,5-6,8-11,13-18,25H,4,7,12H2,(H3,30,31,32). The molecule has 0 heterocycles. The van der Waals surface area contributed by atoms with Crippen LogP contribution in [0.3, 0.4) is 0 Å². The second-order valence-corrected chi connectivity index (χ2v) is 8.70. The van der Waals surface area contributed by atoms with E-state index in [9.17, 15) is 0 Å². The third-order valence-electron chi connectivity index (χ3n) is 6.73. The van der Waals surface area contributed by atoms with Crippen molar-refractivity contribution >= 4 is 40.3 Å². The highest BCUT2D eigenvalue weighted by Crippen LogP contribution is 2.38. The first-order chi connectivity index (χ1) is 15.8. The molecule has 3 N–H and O–H groups in total. The van der Waals surface area contributed by atoms with E-state index in [1.54, 1.807) is 0 Å². The van der Waals surface area contributed by atoms with Crippen molar-refractivity contribution in [2.75, 3.05) is 10.6 Å². The number of aryl methyl sites for hydroxylation is 1. The van der Waals surface area contributed by atoms with Crippen LogP contribution in [0.15, 0.2) is 78.9 Å². The minimum Gasteiger partial charge on any atom is -0.326 e. The zero-order valence-electron chi connectivity index (χ0n) is 17.9. The smallest absolute Gasteiger partial charge is 0.197 e. The van der Waals surface area contributed by atoms with Crippen molar-refractivity contribution in [2.24, 2.45) is 0 Å². The molecular weight excluding hydrogens is 390 g/mol. The van der Waals surface area contributed by atoms with Crippen LogP contribution in [-0.4, -0.2) is 5.96 Å². The average molecular weight is 416 g/mol. The maximum Gasteiger partial charge on any atom is 0.197 e. The quantitative estimate of drug-likeness (QED) is 0.215. The fraction of sp³-hybridized carbons (Fsp3) is 0.138. The monoisotopic (exact) mass is 415 g/mol. The number of rotatable bonds is 3. The van der Waals surface area contributed by atoms with Crippen LogP contribution in [0.1, 0.15) is 46.6 Å². The van der Waals surface area contributed by atoms with Gasteiger partial charge in [0, 0.05) is 22.7 Å². The molecule has 1 atom stereocenters. The molecule has 4 aromatic carbocycles. The summed E-state index contributed by atoms with van der Waals surface area (Å²) < 4.78 is 0. The molecule has 156 valence electrons. The van der Waals surface area contributed by atoms with Crippen LogP contribution in [0.5, 0.6) is 0 Å². The van der Waals surface area contributed by atoms with Gasteiger partial charge in [-0.3, -0.25) is 5.41 Å². The Labute approximate surface area is 188 Å². The molecule has 0 saturated carbocycles. The van der Waals surface area contributed by atoms with Gasteiger partial charge in [-0.2, -0.15) is 0 Å². The van der Waals surface area contributed by atoms with Crippen molar-refractivity contribution < 1.29 is 0 Å². The van der Waals surface area contributed by atoms with Crippen molar-refractivity contribution in [3.63, 3.8) is 0 Å². The average Bonchev–Trinajstić information content (AvgIpc) is 3.25. The Hall–Kier alpha value is -3.85. The van der Waals surface area contributed by atoms with Crippen LogP contribution in [-0.2, 0) is 6.42 Å². The fourth-order valence-electron chi connectivity index (χ4n) is 5.27. The zero-order valence-corrected chi connectivity index (χ0v) is 17.9. The highest BCUT2D eigenvalue weighted by Gasteiger charge is 2.21. The van der Waals surface area contributed by atoms with Gasteiger partial charge < -0.3 is 10.6 Å². The minimum absolute atomic E-state index is 0.276. The predicted molar refractivity (Wildman–Crippen MR) is 136 cm³/mol. The Kier molecular flexibility index (Phi) is 4.53. The Morgan fingerprint density at radius 2 is 1.66 bits per heavy atom. The van der Waals surface area contributed by atoms with Gasteiger partial charge in [-0.05, 0) is 70.7 Å². The van der Waals surface area contributed by atoms with E-state index in [1.807, 2.05) is 6.07 Å². The van der Waals surface area contributed by atoms with Gasteiger partial charge in [-0.15, -0.1) is 0 Å². The molecule has 6 rings (SSSR count). The van der Waals surface area contributed by atoms with Crippen molar-refractivity contribution in [3.05, 3.63) is 107 Å². The molecule has 0 amide bonds. The summed E-state index contributed by atoms with van der Waals surface area (Å²) >= 11 is 0. The first-order valence-electron chi connectivity index (χ1n) is 11.3. The van der Waals surface area contributed by atoms with Gasteiger partial charge >= 0.3 is 0 Å². The molecule has 0 radical (unpaired) electrons. The first kappa shape index (κ1) is 18.9. The predicted octanol–water partition coefficient (Wildman–Crippen LogP) is 7.25. The lowest BCUT2D eigenvalue weighted by atomic mass is 9.79. The number of nitrogens with one attached hydrogen (secondary N) is 3. The van der Waals surface area contributed by atoms with Crippen LogP contribution in [0.25, 0.3) is 22.9 Å². The maximum atomic E-state index is 8.56. The Bertz CT molecular complexity index is 1370. The van der Waals surface area contributed by atoms with Gasteiger partial charge in [-0.1, -0.05) is 72.8 Å². The molecule has 32 heavy (non-hydrogen) atoms. The fourth-order valence-corrected chi connectivity index (χ4v) is 5.27. The van der Waals surface area contributed by atoms with E-state index in [0.29, 0.717) is 5.92 Å². The van der Waals surface area contributed by atoms with E-state index < -0.39 is 0 Å². The van der Waals surface area contributed by atoms with Crippen LogP contribution in [0, 0.1) is 5.41 Å². The number of fused-ring (bicyclic) bond motifs is 1. The van der Waals surface area contributed by atoms with E-state index in [1.165, 1.54) is 52.5 Å². The highest BCUT2D eigenvalue weighted by atomic mass is 15.1. The van der Waals surface area contributed by atoms with Crippen LogP contribution in [0.4, 0.5) is 11.4 Å². The number of hydrogen-bond donors (Lipinski definition) is 3. The normalized spacial score (nSPS) is 16.1. The number of hydrogen-bond acceptors (Lipinski definition) is 1. The molecule has 0 spiro atoms. The lowest BCUT2D eigenvalue weighted by Crippen LogP contribution is -2.21. The van der Waals surface area contributed by atoms with Crippen molar-refractivity contribution in [3.8, 4) is 0 Å². The lowest BCUT2D eigenvalue weighted by Gasteiger charge is -2.26. The van der Waals surface area contributed by atoms with E-state index in [-0.39, 0.29) is 5.96 Å². The Morgan fingerprint density at radius 3 is 2.59 bits per heavy atom. The van der Waals surface area contributed by atoms with Gasteiger partial charge in [0.1, 0.15) is 0 Å². The molecular formula is C29H25N3. The summed E-state index contributed by atoms with van der Waals surface area (Å²) in [4.78, 5) is 0. The molecule has 2 aliphatic carbocycles. The SMILES string of the molecule is N=C(Nc1cccc(C2CCCc3ccccc32)c1)Nc1ccc2c3c(cccc13)C=C2. The molecule has 3 heteroatoms. The van der Waals surface area contributed by atoms with E-state index in [4.69, 9.17) is 5.41 Å². The molecule has 0 saturated heterocycles. The highest BCUT2D eigenvalue weighted by molar-refractivity contribution is 6.13. The minimum atomic E-state index is 0.276. The van der Waals surface area contributed by atoms with Crippen LogP contribution in [0.2, 0.25) is 0 Å². The van der Waals surface area contributed by atoms with E-state index in [2.05, 4.69) is 95.6 Å². The van der Waals surface area contributed by atoms with Crippen LogP contribution >= 0.6 is 0 Å². The van der Waals surface area contributed by atoms with Gasteiger partial charge in [0.15, 0.2) is 5.96 Å². The van der Waals surface area contributed by atoms with Crippen LogP contribution < -0.4 is 10.6 Å². The van der Waals surface area contributed by atoms with Crippen molar-refractivity contribution in [2.45, 2.75) is 25.2 Å². The van der Waals surface area contributed by atoms with E-state index in [0.717, 1.165) is 16.8 Å². The van der Waals surface area contributed by atoms with Gasteiger partial charge in [-0.25, -0.2) is 0 Å². The Morgan fingerprint density at radius 1 is 0.812 bits per heavy atom. The number of guanidine groups is 1. The molecule has 1 unspecified atom stereocenters. The molecule has 0 bridgehead atoms. The largest absolute Gasteiger partial charge is 0.326 e. The number of anilines is 2. The van der Waals surface area contributed by atoms with Crippen molar-refractivity contribution in [1.82, 2.24) is 0 Å². The number of benzene rings is 4. The molecule has 0 aromatic heterocycles. The first-order valence-corrected chi connectivity index (χ1v) is 11.3. The van der Waals surface area contributed by atoms with Gasteiger partial charge in [0.25, 0.3) is 0 Å². The van der Waals surface area contributed by atoms with E-state index >= 15 is 0 Å². The lowest BCUT2D eigenvalue weighted by molar-refractivity contribution is 0.616. The summed E-state index contributed by atoms with van der Waals surface area (Å²) in [5.74, 6) is 0.700. The summed E-state index contributed by atoms with van der Waals surface area (Å²) in [6.45, 7) is 0. The molecule has 4 aromatic rings. The van der Waals surface area contributed by atoms with Gasteiger partial charge in [0.2, 0.25) is 0 Å². The summed E-state index contributed by atoms with van der Waals surface area (Å²) in [5.41, 5.74) is 8.59. The maximum absolute atomic E-state index is 8.56. The third-order valence-corrected chi connectivity index (χ3v) is 6.73. The topological polar surface area (TPSA) is 47.9 Å². The molecule has 3 nitrogen and oxygen atoms in total. The van der Waals surface area contributed by atoms with Gasteiger partial charge in [0.05, 0.1) is 0 Å².